The largest absolute Gasteiger partial charge is 0.274 e. The highest BCUT2D eigenvalue weighted by Gasteiger charge is 2.75. The highest BCUT2D eigenvalue weighted by molar-refractivity contribution is 6.25. The van der Waals surface area contributed by atoms with Gasteiger partial charge in [-0.05, 0) is 61.8 Å². The van der Waals surface area contributed by atoms with Crippen molar-refractivity contribution in [3.8, 4) is 0 Å². The molecule has 0 spiro atoms. The van der Waals surface area contributed by atoms with E-state index in [1.165, 1.54) is 9.80 Å². The van der Waals surface area contributed by atoms with Crippen molar-refractivity contribution in [2.75, 3.05) is 9.80 Å². The van der Waals surface area contributed by atoms with Crippen LogP contribution in [0.4, 0.5) is 11.4 Å². The Labute approximate surface area is 197 Å². The van der Waals surface area contributed by atoms with Crippen molar-refractivity contribution in [2.24, 2.45) is 47.3 Å². The molecule has 4 amide bonds. The number of anilines is 2. The topological polar surface area (TPSA) is 74.8 Å². The molecule has 6 aliphatic rings. The van der Waals surface area contributed by atoms with Gasteiger partial charge in [-0.2, -0.15) is 0 Å². The molecule has 8 atom stereocenters. The van der Waals surface area contributed by atoms with Crippen molar-refractivity contribution >= 4 is 35.0 Å². The molecule has 2 aliphatic heterocycles. The summed E-state index contributed by atoms with van der Waals surface area (Å²) in [7, 11) is 0. The van der Waals surface area contributed by atoms with Gasteiger partial charge < -0.3 is 0 Å². The van der Waals surface area contributed by atoms with Crippen molar-refractivity contribution in [3.63, 3.8) is 0 Å². The fraction of sp³-hybridized carbons (Fsp3) is 0.357. The van der Waals surface area contributed by atoms with E-state index in [2.05, 4.69) is 0 Å². The summed E-state index contributed by atoms with van der Waals surface area (Å²) in [4.78, 5) is 56.7. The summed E-state index contributed by atoms with van der Waals surface area (Å²) in [6.45, 7) is 3.93. The maximum Gasteiger partial charge on any atom is 0.238 e. The van der Waals surface area contributed by atoms with E-state index in [-0.39, 0.29) is 47.3 Å². The van der Waals surface area contributed by atoms with Crippen molar-refractivity contribution in [1.82, 2.24) is 0 Å². The van der Waals surface area contributed by atoms with Gasteiger partial charge in [0.1, 0.15) is 0 Å². The molecule has 2 aromatic carbocycles. The van der Waals surface area contributed by atoms with E-state index in [0.29, 0.717) is 11.4 Å². The Balaban J connectivity index is 1.25. The van der Waals surface area contributed by atoms with Crippen LogP contribution in [0.25, 0.3) is 0 Å². The Hall–Kier alpha value is -3.54. The number of amides is 4. The first-order chi connectivity index (χ1) is 16.4. The number of nitrogens with zero attached hydrogens (tertiary/aromatic N) is 2. The van der Waals surface area contributed by atoms with E-state index in [4.69, 9.17) is 0 Å². The summed E-state index contributed by atoms with van der Waals surface area (Å²) in [5.41, 5.74) is 3.32. The number of fused-ring (bicyclic) bond motifs is 1. The van der Waals surface area contributed by atoms with Crippen LogP contribution in [0, 0.1) is 61.2 Å². The van der Waals surface area contributed by atoms with Crippen molar-refractivity contribution < 1.29 is 19.2 Å². The lowest BCUT2D eigenvalue weighted by molar-refractivity contribution is -0.166. The van der Waals surface area contributed by atoms with Gasteiger partial charge in [-0.15, -0.1) is 0 Å². The third kappa shape index (κ3) is 2.26. The Morgan fingerprint density at radius 1 is 0.500 bits per heavy atom. The minimum atomic E-state index is -0.456. The second-order valence-electron chi connectivity index (χ2n) is 10.5. The summed E-state index contributed by atoms with van der Waals surface area (Å²) >= 11 is 0. The molecule has 34 heavy (non-hydrogen) atoms. The SMILES string of the molecule is Cc1ccc(N2C(=O)[C@H]3[C@H]4C=C[C@@H]([C@@H]3C2=O)[C@H]2[C@H]3C(=O)N(c5ccc(C)cc5)C(=O)[C@@H]3[C@H]42)cc1. The molecule has 0 radical (unpaired) electrons. The quantitative estimate of drug-likeness (QED) is 0.518. The molecule has 2 saturated heterocycles. The minimum Gasteiger partial charge on any atom is -0.274 e. The fourth-order valence-corrected chi connectivity index (χ4v) is 7.50. The molecule has 6 nitrogen and oxygen atoms in total. The van der Waals surface area contributed by atoms with Crippen molar-refractivity contribution in [2.45, 2.75) is 13.8 Å². The fourth-order valence-electron chi connectivity index (χ4n) is 7.50. The molecule has 8 rings (SSSR count). The van der Waals surface area contributed by atoms with E-state index in [0.717, 1.165) is 11.1 Å². The molecule has 0 N–H and O–H groups in total. The van der Waals surface area contributed by atoms with E-state index in [1.807, 2.05) is 74.5 Å². The second kappa shape index (κ2) is 6.53. The zero-order valence-electron chi connectivity index (χ0n) is 18.9. The third-order valence-corrected chi connectivity index (χ3v) is 8.93. The van der Waals surface area contributed by atoms with Gasteiger partial charge in [0, 0.05) is 0 Å². The zero-order chi connectivity index (χ0) is 23.5. The van der Waals surface area contributed by atoms with Crippen LogP contribution in [0.2, 0.25) is 0 Å². The number of hydrogen-bond acceptors (Lipinski definition) is 4. The second-order valence-corrected chi connectivity index (χ2v) is 10.5. The molecule has 4 fully saturated rings. The molecule has 0 aromatic heterocycles. The van der Waals surface area contributed by atoms with Crippen LogP contribution < -0.4 is 9.80 Å². The first-order valence-electron chi connectivity index (χ1n) is 12.0. The lowest BCUT2D eigenvalue weighted by atomic mass is 9.40. The predicted molar refractivity (Wildman–Crippen MR) is 124 cm³/mol. The maximum absolute atomic E-state index is 13.6. The van der Waals surface area contributed by atoms with Crippen LogP contribution in [0.5, 0.6) is 0 Å². The van der Waals surface area contributed by atoms with E-state index in [1.54, 1.807) is 0 Å². The Bertz CT molecular complexity index is 1250. The van der Waals surface area contributed by atoms with Gasteiger partial charge >= 0.3 is 0 Å². The number of carbonyl (C=O) groups excluding carboxylic acids is 4. The van der Waals surface area contributed by atoms with Crippen LogP contribution in [-0.4, -0.2) is 23.6 Å². The lowest BCUT2D eigenvalue weighted by Crippen LogP contribution is -2.63. The maximum atomic E-state index is 13.6. The molecule has 2 heterocycles. The number of allylic oxidation sites excluding steroid dienone is 2. The average molecular weight is 453 g/mol. The number of carbonyl (C=O) groups is 4. The first kappa shape index (κ1) is 19.9. The summed E-state index contributed by atoms with van der Waals surface area (Å²) in [5.74, 6) is -2.92. The molecule has 0 unspecified atom stereocenters. The van der Waals surface area contributed by atoms with Crippen LogP contribution >= 0.6 is 0 Å². The predicted octanol–water partition coefficient (Wildman–Crippen LogP) is 3.28. The number of benzene rings is 2. The van der Waals surface area contributed by atoms with Crippen molar-refractivity contribution in [3.05, 3.63) is 71.8 Å². The monoisotopic (exact) mass is 452 g/mol. The van der Waals surface area contributed by atoms with Crippen LogP contribution in [0.1, 0.15) is 11.1 Å². The molecule has 170 valence electrons. The summed E-state index contributed by atoms with van der Waals surface area (Å²) in [5, 5.41) is 0. The standard InChI is InChI=1S/C28H24N2O4/c1-13-3-7-15(8-4-13)29-25(31)21-17-11-12-18(22(21)26(29)32)20-19(17)23-24(20)28(34)30(27(23)33)16-9-5-14(2)6-10-16/h3-12,17-24H,1-2H3/t17-,18+,19-,20-,21+,22+,23-,24-/m1/s1. The smallest absolute Gasteiger partial charge is 0.238 e. The highest BCUT2D eigenvalue weighted by Crippen LogP contribution is 2.68. The van der Waals surface area contributed by atoms with Crippen molar-refractivity contribution in [1.29, 1.82) is 0 Å². The van der Waals surface area contributed by atoms with E-state index in [9.17, 15) is 19.2 Å². The lowest BCUT2D eigenvalue weighted by Gasteiger charge is -2.60. The normalized spacial score (nSPS) is 37.1. The summed E-state index contributed by atoms with van der Waals surface area (Å²) in [6.07, 6.45) is 4.08. The van der Waals surface area contributed by atoms with Gasteiger partial charge in [0.2, 0.25) is 23.6 Å². The van der Waals surface area contributed by atoms with Gasteiger partial charge in [-0.25, -0.2) is 0 Å². The number of aryl methyl sites for hydroxylation is 2. The number of hydrogen-bond donors (Lipinski definition) is 0. The zero-order valence-corrected chi connectivity index (χ0v) is 18.9. The Morgan fingerprint density at radius 2 is 0.824 bits per heavy atom. The van der Waals surface area contributed by atoms with Gasteiger partial charge in [0.25, 0.3) is 0 Å². The van der Waals surface area contributed by atoms with Crippen LogP contribution in [0.15, 0.2) is 60.7 Å². The summed E-state index contributed by atoms with van der Waals surface area (Å²) < 4.78 is 0. The van der Waals surface area contributed by atoms with Gasteiger partial charge in [0.05, 0.1) is 35.0 Å². The van der Waals surface area contributed by atoms with Gasteiger partial charge in [-0.3, -0.25) is 29.0 Å². The van der Waals surface area contributed by atoms with Crippen LogP contribution in [0.3, 0.4) is 0 Å². The highest BCUT2D eigenvalue weighted by atomic mass is 16.2. The first-order valence-corrected chi connectivity index (χ1v) is 12.0. The average Bonchev–Trinajstić information content (AvgIpc) is 3.19. The molecule has 2 bridgehead atoms. The van der Waals surface area contributed by atoms with E-state index < -0.39 is 23.7 Å². The molecular formula is C28H24N2O4. The number of imide groups is 2. The Morgan fingerprint density at radius 3 is 1.18 bits per heavy atom. The van der Waals surface area contributed by atoms with E-state index >= 15 is 0 Å². The van der Waals surface area contributed by atoms with Gasteiger partial charge in [-0.1, -0.05) is 47.5 Å². The third-order valence-electron chi connectivity index (χ3n) is 8.93. The molecule has 2 saturated carbocycles. The molecule has 2 aromatic rings. The summed E-state index contributed by atoms with van der Waals surface area (Å²) in [6, 6.07) is 14.8. The van der Waals surface area contributed by atoms with Gasteiger partial charge in [0.15, 0.2) is 0 Å². The Kier molecular flexibility index (Phi) is 3.82. The number of rotatable bonds is 2. The minimum absolute atomic E-state index is 0.0668. The molecule has 6 heteroatoms. The molecular weight excluding hydrogens is 428 g/mol. The van der Waals surface area contributed by atoms with Crippen LogP contribution in [-0.2, 0) is 19.2 Å². The molecule has 4 aliphatic carbocycles.